The predicted octanol–water partition coefficient (Wildman–Crippen LogP) is 7.83. The Kier molecular flexibility index (Phi) is 7.19. The molecule has 0 unspecified atom stereocenters. The minimum atomic E-state index is -0.787. The van der Waals surface area contributed by atoms with Gasteiger partial charge >= 0.3 is 5.97 Å². The number of rotatable bonds is 8. The van der Waals surface area contributed by atoms with E-state index in [4.69, 9.17) is 0 Å². The average molecular weight is 457 g/mol. The maximum atomic E-state index is 12.8. The Labute approximate surface area is 202 Å². The summed E-state index contributed by atoms with van der Waals surface area (Å²) in [5, 5.41) is 9.23. The van der Waals surface area contributed by atoms with Gasteiger partial charge in [-0.05, 0) is 103 Å². The van der Waals surface area contributed by atoms with Gasteiger partial charge in [0.2, 0.25) is 0 Å². The molecule has 1 N–H and O–H groups in total. The number of carboxylic acids is 1. The standard InChI is InChI=1S/C30H48O3/c1-19(2)7-6-8-20(3)23-12-13-24-21-9-11-25-22(10-14-28(32)33)27(31)16-18-30(25,5)26(21)15-17-29(23,24)4/h19-21,23-24,26H,6-18H2,1-5H3,(H,32,33)/t20-,21+,23-,24+,26+,29+,30-/m0/s1. The fourth-order valence-electron chi connectivity index (χ4n) is 9.37. The summed E-state index contributed by atoms with van der Waals surface area (Å²) in [7, 11) is 0. The molecule has 0 amide bonds. The van der Waals surface area contributed by atoms with Crippen LogP contribution in [0.3, 0.4) is 0 Å². The molecule has 3 saturated carbocycles. The van der Waals surface area contributed by atoms with Gasteiger partial charge in [0.25, 0.3) is 0 Å². The van der Waals surface area contributed by atoms with Gasteiger partial charge in [0.05, 0.1) is 0 Å². The molecule has 0 aromatic rings. The SMILES string of the molecule is CC(C)CCC[C@H](C)[C@@H]1CC[C@@H]2[C@H]3CCC4=C(CCC(=O)O)C(=O)CC[C@]4(C)[C@@H]3CC[C@@]21C. The van der Waals surface area contributed by atoms with Gasteiger partial charge in [0.15, 0.2) is 5.78 Å². The summed E-state index contributed by atoms with van der Waals surface area (Å²) in [5.41, 5.74) is 2.88. The number of carbonyl (C=O) groups excluding carboxylic acids is 1. The van der Waals surface area contributed by atoms with E-state index in [9.17, 15) is 14.7 Å². The molecule has 0 aliphatic heterocycles. The molecular formula is C30H48O3. The first-order chi connectivity index (χ1) is 15.6. The lowest BCUT2D eigenvalue weighted by Crippen LogP contribution is -2.51. The van der Waals surface area contributed by atoms with E-state index in [2.05, 4.69) is 34.6 Å². The molecule has 7 atom stereocenters. The highest BCUT2D eigenvalue weighted by Crippen LogP contribution is 2.68. The van der Waals surface area contributed by atoms with Crippen LogP contribution in [0.15, 0.2) is 11.1 Å². The second kappa shape index (κ2) is 9.50. The molecule has 3 fully saturated rings. The van der Waals surface area contributed by atoms with E-state index in [0.717, 1.165) is 48.0 Å². The summed E-state index contributed by atoms with van der Waals surface area (Å²) in [6.07, 6.45) is 14.0. The molecule has 0 radical (unpaired) electrons. The van der Waals surface area contributed by atoms with Crippen LogP contribution in [0.4, 0.5) is 0 Å². The number of hydrogen-bond acceptors (Lipinski definition) is 2. The highest BCUT2D eigenvalue weighted by atomic mass is 16.4. The van der Waals surface area contributed by atoms with Gasteiger partial charge in [-0.15, -0.1) is 0 Å². The second-order valence-corrected chi connectivity index (χ2v) is 13.1. The molecule has 3 heteroatoms. The van der Waals surface area contributed by atoms with Crippen molar-refractivity contribution in [3.05, 3.63) is 11.1 Å². The highest BCUT2D eigenvalue weighted by Gasteiger charge is 2.59. The zero-order valence-corrected chi connectivity index (χ0v) is 21.9. The lowest BCUT2D eigenvalue weighted by Gasteiger charge is -2.59. The molecule has 0 aromatic heterocycles. The molecule has 0 spiro atoms. The van der Waals surface area contributed by atoms with Gasteiger partial charge in [0.1, 0.15) is 0 Å². The lowest BCUT2D eigenvalue weighted by molar-refractivity contribution is -0.137. The van der Waals surface area contributed by atoms with Crippen LogP contribution >= 0.6 is 0 Å². The summed E-state index contributed by atoms with van der Waals surface area (Å²) >= 11 is 0. The summed E-state index contributed by atoms with van der Waals surface area (Å²) in [6, 6.07) is 0. The van der Waals surface area contributed by atoms with Crippen molar-refractivity contribution in [2.75, 3.05) is 0 Å². The average Bonchev–Trinajstić information content (AvgIpc) is 3.10. The van der Waals surface area contributed by atoms with Crippen LogP contribution in [-0.4, -0.2) is 16.9 Å². The fourth-order valence-corrected chi connectivity index (χ4v) is 9.37. The van der Waals surface area contributed by atoms with Crippen molar-refractivity contribution in [1.29, 1.82) is 0 Å². The third-order valence-corrected chi connectivity index (χ3v) is 11.0. The Bertz CT molecular complexity index is 794. The predicted molar refractivity (Wildman–Crippen MR) is 134 cm³/mol. The van der Waals surface area contributed by atoms with E-state index in [0.29, 0.717) is 24.2 Å². The van der Waals surface area contributed by atoms with Gasteiger partial charge in [-0.1, -0.05) is 59.5 Å². The van der Waals surface area contributed by atoms with Crippen molar-refractivity contribution in [3.8, 4) is 0 Å². The molecule has 0 saturated heterocycles. The number of hydrogen-bond donors (Lipinski definition) is 1. The Morgan fingerprint density at radius 1 is 1.00 bits per heavy atom. The van der Waals surface area contributed by atoms with E-state index in [1.807, 2.05) is 0 Å². The van der Waals surface area contributed by atoms with Crippen LogP contribution < -0.4 is 0 Å². The van der Waals surface area contributed by atoms with Crippen molar-refractivity contribution in [1.82, 2.24) is 0 Å². The molecule has 186 valence electrons. The number of aliphatic carboxylic acids is 1. The maximum absolute atomic E-state index is 12.8. The van der Waals surface area contributed by atoms with E-state index in [1.54, 1.807) is 0 Å². The van der Waals surface area contributed by atoms with Crippen LogP contribution in [0.25, 0.3) is 0 Å². The maximum Gasteiger partial charge on any atom is 0.303 e. The molecule has 4 rings (SSSR count). The normalized spacial score (nSPS) is 39.3. The Balaban J connectivity index is 1.53. The summed E-state index contributed by atoms with van der Waals surface area (Å²) < 4.78 is 0. The smallest absolute Gasteiger partial charge is 0.303 e. The first kappa shape index (κ1) is 25.0. The van der Waals surface area contributed by atoms with Crippen molar-refractivity contribution >= 4 is 11.8 Å². The zero-order chi connectivity index (χ0) is 24.0. The third-order valence-electron chi connectivity index (χ3n) is 11.0. The first-order valence-electron chi connectivity index (χ1n) is 14.1. The van der Waals surface area contributed by atoms with Gasteiger partial charge in [-0.3, -0.25) is 9.59 Å². The second-order valence-electron chi connectivity index (χ2n) is 13.1. The van der Waals surface area contributed by atoms with E-state index in [-0.39, 0.29) is 17.6 Å². The molecule has 33 heavy (non-hydrogen) atoms. The molecule has 0 aromatic carbocycles. The van der Waals surface area contributed by atoms with E-state index in [1.165, 1.54) is 56.9 Å². The number of Topliss-reactive ketones (excluding diaryl/α,β-unsaturated/α-hetero) is 1. The van der Waals surface area contributed by atoms with Crippen LogP contribution in [0.5, 0.6) is 0 Å². The van der Waals surface area contributed by atoms with Gasteiger partial charge in [-0.2, -0.15) is 0 Å². The number of carbonyl (C=O) groups is 2. The minimum absolute atomic E-state index is 0.0891. The summed E-state index contributed by atoms with van der Waals surface area (Å²) in [6.45, 7) is 12.3. The van der Waals surface area contributed by atoms with Crippen LogP contribution in [-0.2, 0) is 9.59 Å². The van der Waals surface area contributed by atoms with Crippen molar-refractivity contribution in [2.45, 2.75) is 118 Å². The summed E-state index contributed by atoms with van der Waals surface area (Å²) in [5.74, 6) is 4.28. The van der Waals surface area contributed by atoms with Crippen LogP contribution in [0.2, 0.25) is 0 Å². The van der Waals surface area contributed by atoms with Gasteiger partial charge in [-0.25, -0.2) is 0 Å². The third kappa shape index (κ3) is 4.47. The summed E-state index contributed by atoms with van der Waals surface area (Å²) in [4.78, 5) is 24.0. The monoisotopic (exact) mass is 456 g/mol. The van der Waals surface area contributed by atoms with Crippen LogP contribution in [0.1, 0.15) is 118 Å². The Morgan fingerprint density at radius 3 is 2.45 bits per heavy atom. The quantitative estimate of drug-likeness (QED) is 0.405. The first-order valence-corrected chi connectivity index (χ1v) is 14.1. The number of carboxylic acid groups (broad SMARTS) is 1. The molecule has 4 aliphatic carbocycles. The van der Waals surface area contributed by atoms with Crippen LogP contribution in [0, 0.1) is 46.3 Å². The Morgan fingerprint density at radius 2 is 1.76 bits per heavy atom. The topological polar surface area (TPSA) is 54.4 Å². The Hall–Kier alpha value is -1.12. The van der Waals surface area contributed by atoms with Crippen molar-refractivity contribution in [3.63, 3.8) is 0 Å². The van der Waals surface area contributed by atoms with Gasteiger partial charge < -0.3 is 5.11 Å². The molecule has 0 bridgehead atoms. The van der Waals surface area contributed by atoms with Gasteiger partial charge in [0, 0.05) is 12.8 Å². The molecule has 0 heterocycles. The molecule has 3 nitrogen and oxygen atoms in total. The highest BCUT2D eigenvalue weighted by molar-refractivity contribution is 5.97. The fraction of sp³-hybridized carbons (Fsp3) is 0.867. The largest absolute Gasteiger partial charge is 0.481 e. The number of fused-ring (bicyclic) bond motifs is 5. The minimum Gasteiger partial charge on any atom is -0.481 e. The van der Waals surface area contributed by atoms with E-state index < -0.39 is 5.97 Å². The van der Waals surface area contributed by atoms with Crippen molar-refractivity contribution in [2.24, 2.45) is 46.3 Å². The van der Waals surface area contributed by atoms with Crippen molar-refractivity contribution < 1.29 is 14.7 Å². The molecular weight excluding hydrogens is 408 g/mol. The number of allylic oxidation sites excluding steroid dienone is 1. The number of ketones is 1. The molecule has 4 aliphatic rings. The van der Waals surface area contributed by atoms with E-state index >= 15 is 0 Å². The zero-order valence-electron chi connectivity index (χ0n) is 21.9. The lowest BCUT2D eigenvalue weighted by atomic mass is 9.46.